The Morgan fingerprint density at radius 2 is 1.86 bits per heavy atom. The molecule has 8 nitrogen and oxygen atoms in total. The van der Waals surface area contributed by atoms with Gasteiger partial charge in [-0.25, -0.2) is 10.2 Å². The van der Waals surface area contributed by atoms with Crippen molar-refractivity contribution in [1.29, 1.82) is 0 Å². The summed E-state index contributed by atoms with van der Waals surface area (Å²) in [5.41, 5.74) is 4.25. The van der Waals surface area contributed by atoms with Crippen LogP contribution in [0.3, 0.4) is 0 Å². The summed E-state index contributed by atoms with van der Waals surface area (Å²) in [5, 5.41) is 14.9. The molecule has 0 atom stereocenters. The first-order chi connectivity index (χ1) is 13.4. The van der Waals surface area contributed by atoms with E-state index in [0.29, 0.717) is 11.3 Å². The molecular weight excluding hydrogens is 386 g/mol. The quantitative estimate of drug-likeness (QED) is 0.373. The Kier molecular flexibility index (Phi) is 7.53. The molecular formula is C19H18ClN3O5. The highest BCUT2D eigenvalue weighted by molar-refractivity contribution is 6.39. The number of ether oxygens (including phenoxy) is 1. The fraction of sp³-hybridized carbons (Fsp3) is 0.158. The first-order valence-electron chi connectivity index (χ1n) is 8.26. The van der Waals surface area contributed by atoms with Crippen LogP contribution in [0.1, 0.15) is 18.1 Å². The number of aliphatic carboxylic acids is 1. The number of nitrogens with zero attached hydrogens (tertiary/aromatic N) is 1. The van der Waals surface area contributed by atoms with Crippen LogP contribution in [0.25, 0.3) is 0 Å². The predicted octanol–water partition coefficient (Wildman–Crippen LogP) is 2.45. The molecule has 0 aliphatic heterocycles. The van der Waals surface area contributed by atoms with Gasteiger partial charge in [0.15, 0.2) is 6.61 Å². The van der Waals surface area contributed by atoms with Crippen molar-refractivity contribution in [3.63, 3.8) is 0 Å². The number of rotatable bonds is 7. The number of carboxylic acid groups (broad SMARTS) is 1. The lowest BCUT2D eigenvalue weighted by Crippen LogP contribution is -2.32. The summed E-state index contributed by atoms with van der Waals surface area (Å²) >= 11 is 5.99. The van der Waals surface area contributed by atoms with Crippen LogP contribution in [0.15, 0.2) is 47.6 Å². The zero-order valence-electron chi connectivity index (χ0n) is 14.9. The van der Waals surface area contributed by atoms with Crippen molar-refractivity contribution in [2.24, 2.45) is 5.10 Å². The van der Waals surface area contributed by atoms with Crippen LogP contribution in [0.2, 0.25) is 5.02 Å². The van der Waals surface area contributed by atoms with Gasteiger partial charge in [0.25, 0.3) is 0 Å². The largest absolute Gasteiger partial charge is 0.480 e. The van der Waals surface area contributed by atoms with Crippen molar-refractivity contribution in [3.8, 4) is 5.75 Å². The third-order valence-corrected chi connectivity index (χ3v) is 3.81. The van der Waals surface area contributed by atoms with Gasteiger partial charge >= 0.3 is 17.8 Å². The molecule has 28 heavy (non-hydrogen) atoms. The average molecular weight is 404 g/mol. The first kappa shape index (κ1) is 20.9. The van der Waals surface area contributed by atoms with Crippen molar-refractivity contribution in [3.05, 3.63) is 58.6 Å². The number of carboxylic acids is 1. The summed E-state index contributed by atoms with van der Waals surface area (Å²) in [7, 11) is 0. The highest BCUT2D eigenvalue weighted by Crippen LogP contribution is 2.24. The number of amides is 2. The molecule has 0 unspecified atom stereocenters. The van der Waals surface area contributed by atoms with E-state index in [1.165, 1.54) is 18.3 Å². The molecule has 0 bridgehead atoms. The molecule has 9 heteroatoms. The molecule has 0 aliphatic rings. The van der Waals surface area contributed by atoms with Gasteiger partial charge in [-0.1, -0.05) is 30.7 Å². The SMILES string of the molecule is CCc1ccc(NC(=O)C(=O)N/N=C\c2ccc(OCC(=O)O)c(Cl)c2)cc1. The van der Waals surface area contributed by atoms with E-state index in [4.69, 9.17) is 21.4 Å². The number of hydrazone groups is 1. The number of halogens is 1. The Morgan fingerprint density at radius 3 is 2.46 bits per heavy atom. The summed E-state index contributed by atoms with van der Waals surface area (Å²) < 4.78 is 5.00. The number of carbonyl (C=O) groups is 3. The minimum atomic E-state index is -1.12. The predicted molar refractivity (Wildman–Crippen MR) is 105 cm³/mol. The molecule has 0 radical (unpaired) electrons. The summed E-state index contributed by atoms with van der Waals surface area (Å²) in [4.78, 5) is 34.1. The van der Waals surface area contributed by atoms with Crippen LogP contribution in [-0.2, 0) is 20.8 Å². The van der Waals surface area contributed by atoms with Crippen molar-refractivity contribution < 1.29 is 24.2 Å². The lowest BCUT2D eigenvalue weighted by Gasteiger charge is -2.06. The fourth-order valence-corrected chi connectivity index (χ4v) is 2.33. The highest BCUT2D eigenvalue weighted by Gasteiger charge is 2.12. The summed E-state index contributed by atoms with van der Waals surface area (Å²) in [5.74, 6) is -2.69. The van der Waals surface area contributed by atoms with Crippen LogP contribution in [0, 0.1) is 0 Å². The Morgan fingerprint density at radius 1 is 1.14 bits per heavy atom. The monoisotopic (exact) mass is 403 g/mol. The highest BCUT2D eigenvalue weighted by atomic mass is 35.5. The molecule has 0 spiro atoms. The lowest BCUT2D eigenvalue weighted by atomic mass is 10.1. The molecule has 2 aromatic rings. The molecule has 0 saturated heterocycles. The number of hydrogen-bond donors (Lipinski definition) is 3. The standard InChI is InChI=1S/C19H18ClN3O5/c1-2-12-3-6-14(7-4-12)22-18(26)19(27)23-21-10-13-5-8-16(15(20)9-13)28-11-17(24)25/h3-10H,2,11H2,1H3,(H,22,26)(H,23,27)(H,24,25)/b21-10-. The van der Waals surface area contributed by atoms with E-state index in [2.05, 4.69) is 15.8 Å². The Labute approximate surface area is 166 Å². The average Bonchev–Trinajstić information content (AvgIpc) is 2.67. The van der Waals surface area contributed by atoms with Gasteiger partial charge in [0.2, 0.25) is 0 Å². The maximum absolute atomic E-state index is 11.9. The van der Waals surface area contributed by atoms with Crippen molar-refractivity contribution in [2.45, 2.75) is 13.3 Å². The Balaban J connectivity index is 1.88. The smallest absolute Gasteiger partial charge is 0.341 e. The van der Waals surface area contributed by atoms with Gasteiger partial charge in [-0.3, -0.25) is 9.59 Å². The topological polar surface area (TPSA) is 117 Å². The number of hydrogen-bond acceptors (Lipinski definition) is 5. The second-order valence-corrected chi connectivity index (χ2v) is 5.98. The molecule has 2 aromatic carbocycles. The summed E-state index contributed by atoms with van der Waals surface area (Å²) in [6.45, 7) is 1.50. The van der Waals surface area contributed by atoms with Crippen LogP contribution in [0.5, 0.6) is 5.75 Å². The molecule has 3 N–H and O–H groups in total. The number of nitrogens with one attached hydrogen (secondary N) is 2. The van der Waals surface area contributed by atoms with E-state index in [1.54, 1.807) is 18.2 Å². The van der Waals surface area contributed by atoms with Crippen molar-refractivity contribution in [1.82, 2.24) is 5.43 Å². The van der Waals surface area contributed by atoms with Gasteiger partial charge in [0.1, 0.15) is 5.75 Å². The van der Waals surface area contributed by atoms with Gasteiger partial charge in [-0.15, -0.1) is 0 Å². The Hall–Kier alpha value is -3.39. The molecule has 2 rings (SSSR count). The zero-order valence-corrected chi connectivity index (χ0v) is 15.7. The first-order valence-corrected chi connectivity index (χ1v) is 8.64. The van der Waals surface area contributed by atoms with Crippen molar-refractivity contribution in [2.75, 3.05) is 11.9 Å². The minimum absolute atomic E-state index is 0.185. The molecule has 0 aromatic heterocycles. The van der Waals surface area contributed by atoms with Gasteiger partial charge in [0, 0.05) is 5.69 Å². The van der Waals surface area contributed by atoms with Crippen LogP contribution >= 0.6 is 11.6 Å². The molecule has 0 aliphatic carbocycles. The second-order valence-electron chi connectivity index (χ2n) is 5.58. The number of carbonyl (C=O) groups excluding carboxylic acids is 2. The fourth-order valence-electron chi connectivity index (χ4n) is 2.08. The van der Waals surface area contributed by atoms with Gasteiger partial charge in [0.05, 0.1) is 11.2 Å². The van der Waals surface area contributed by atoms with Gasteiger partial charge < -0.3 is 15.2 Å². The Bertz CT molecular complexity index is 897. The second kappa shape index (κ2) is 10.1. The molecule has 0 fully saturated rings. The van der Waals surface area contributed by atoms with Crippen LogP contribution in [-0.4, -0.2) is 35.7 Å². The lowest BCUT2D eigenvalue weighted by molar-refractivity contribution is -0.139. The van der Waals surface area contributed by atoms with Gasteiger partial charge in [-0.05, 0) is 47.9 Å². The molecule has 0 heterocycles. The molecule has 2 amide bonds. The van der Waals surface area contributed by atoms with E-state index < -0.39 is 24.4 Å². The maximum atomic E-state index is 11.9. The number of benzene rings is 2. The van der Waals surface area contributed by atoms with E-state index >= 15 is 0 Å². The molecule has 146 valence electrons. The minimum Gasteiger partial charge on any atom is -0.480 e. The normalized spacial score (nSPS) is 10.5. The van der Waals surface area contributed by atoms with E-state index in [1.807, 2.05) is 19.1 Å². The third kappa shape index (κ3) is 6.40. The van der Waals surface area contributed by atoms with E-state index in [-0.39, 0.29) is 10.8 Å². The van der Waals surface area contributed by atoms with Crippen molar-refractivity contribution >= 4 is 41.3 Å². The summed E-state index contributed by atoms with van der Waals surface area (Å²) in [6, 6.07) is 11.7. The number of anilines is 1. The maximum Gasteiger partial charge on any atom is 0.341 e. The molecule has 0 saturated carbocycles. The van der Waals surface area contributed by atoms with E-state index in [0.717, 1.165) is 12.0 Å². The zero-order chi connectivity index (χ0) is 20.5. The van der Waals surface area contributed by atoms with Crippen LogP contribution in [0.4, 0.5) is 5.69 Å². The van der Waals surface area contributed by atoms with E-state index in [9.17, 15) is 14.4 Å². The summed E-state index contributed by atoms with van der Waals surface area (Å²) in [6.07, 6.45) is 2.16. The van der Waals surface area contributed by atoms with Crippen LogP contribution < -0.4 is 15.5 Å². The third-order valence-electron chi connectivity index (χ3n) is 3.51. The van der Waals surface area contributed by atoms with Gasteiger partial charge in [-0.2, -0.15) is 5.10 Å². The number of aryl methyl sites for hydroxylation is 1.